The molecule has 0 fully saturated rings. The number of hydrogen-bond acceptors (Lipinski definition) is 3. The zero-order chi connectivity index (χ0) is 14.5. The number of H-pyrrole nitrogens is 1. The minimum absolute atomic E-state index is 0.172. The van der Waals surface area contributed by atoms with Gasteiger partial charge in [0.05, 0.1) is 0 Å². The predicted octanol–water partition coefficient (Wildman–Crippen LogP) is 2.93. The predicted molar refractivity (Wildman–Crippen MR) is 76.0 cm³/mol. The third-order valence-corrected chi connectivity index (χ3v) is 2.88. The number of rotatable bonds is 6. The first-order valence-corrected chi connectivity index (χ1v) is 6.70. The molecule has 2 rings (SSSR count). The van der Waals surface area contributed by atoms with Crippen molar-refractivity contribution < 1.29 is 9.13 Å². The highest BCUT2D eigenvalue weighted by atomic mass is 19.1. The SMILES string of the molecule is Cc1cc(OCc2cc(CNC(C)C)ccc2F)n[nH]1. The molecule has 4 nitrogen and oxygen atoms in total. The topological polar surface area (TPSA) is 49.9 Å². The first-order valence-electron chi connectivity index (χ1n) is 6.70. The maximum atomic E-state index is 13.7. The van der Waals surface area contributed by atoms with Crippen molar-refractivity contribution in [1.82, 2.24) is 15.5 Å². The number of ether oxygens (including phenoxy) is 1. The highest BCUT2D eigenvalue weighted by Gasteiger charge is 2.06. The number of benzene rings is 1. The Balaban J connectivity index is 2.00. The summed E-state index contributed by atoms with van der Waals surface area (Å²) in [6, 6.07) is 7.26. The number of aryl methyl sites for hydroxylation is 1. The largest absolute Gasteiger partial charge is 0.472 e. The van der Waals surface area contributed by atoms with Gasteiger partial charge in [0.25, 0.3) is 0 Å². The fraction of sp³-hybridized carbons (Fsp3) is 0.400. The van der Waals surface area contributed by atoms with E-state index in [1.807, 2.05) is 13.0 Å². The van der Waals surface area contributed by atoms with Gasteiger partial charge in [0, 0.05) is 29.9 Å². The lowest BCUT2D eigenvalue weighted by Gasteiger charge is -2.10. The molecule has 0 spiro atoms. The maximum absolute atomic E-state index is 13.7. The third kappa shape index (κ3) is 4.06. The van der Waals surface area contributed by atoms with Gasteiger partial charge in [-0.25, -0.2) is 4.39 Å². The minimum Gasteiger partial charge on any atom is -0.472 e. The first-order chi connectivity index (χ1) is 9.54. The average molecular weight is 277 g/mol. The fourth-order valence-corrected chi connectivity index (χ4v) is 1.79. The first kappa shape index (κ1) is 14.5. The number of nitrogens with zero attached hydrogens (tertiary/aromatic N) is 1. The van der Waals surface area contributed by atoms with Crippen LogP contribution < -0.4 is 10.1 Å². The standard InChI is InChI=1S/C15H20FN3O/c1-10(2)17-8-12-4-5-14(16)13(7-12)9-20-15-6-11(3)18-19-15/h4-7,10,17H,8-9H2,1-3H3,(H,18,19). The summed E-state index contributed by atoms with van der Waals surface area (Å²) in [5.74, 6) is 0.221. The number of aromatic nitrogens is 2. The van der Waals surface area contributed by atoms with Crippen molar-refractivity contribution in [3.05, 3.63) is 46.9 Å². The summed E-state index contributed by atoms with van der Waals surface area (Å²) in [7, 11) is 0. The van der Waals surface area contributed by atoms with E-state index < -0.39 is 0 Å². The molecule has 2 aromatic rings. The van der Waals surface area contributed by atoms with E-state index in [1.165, 1.54) is 6.07 Å². The summed E-state index contributed by atoms with van der Waals surface area (Å²) in [5.41, 5.74) is 2.49. The molecule has 20 heavy (non-hydrogen) atoms. The van der Waals surface area contributed by atoms with Crippen molar-refractivity contribution in [2.75, 3.05) is 0 Å². The second-order valence-corrected chi connectivity index (χ2v) is 5.14. The summed E-state index contributed by atoms with van der Waals surface area (Å²) in [6.45, 7) is 6.93. The Bertz CT molecular complexity index is 566. The van der Waals surface area contributed by atoms with E-state index in [0.717, 1.165) is 11.3 Å². The molecule has 0 bridgehead atoms. The quantitative estimate of drug-likeness (QED) is 0.853. The van der Waals surface area contributed by atoms with Gasteiger partial charge in [-0.1, -0.05) is 19.9 Å². The van der Waals surface area contributed by atoms with Crippen LogP contribution in [0.3, 0.4) is 0 Å². The molecule has 1 aromatic carbocycles. The molecule has 0 radical (unpaired) electrons. The molecule has 0 unspecified atom stereocenters. The molecule has 5 heteroatoms. The molecule has 0 amide bonds. The van der Waals surface area contributed by atoms with Gasteiger partial charge in [0.2, 0.25) is 5.88 Å². The Morgan fingerprint density at radius 2 is 2.15 bits per heavy atom. The van der Waals surface area contributed by atoms with Crippen LogP contribution in [0.4, 0.5) is 4.39 Å². The van der Waals surface area contributed by atoms with Crippen molar-refractivity contribution in [2.45, 2.75) is 40.0 Å². The van der Waals surface area contributed by atoms with E-state index in [2.05, 4.69) is 29.4 Å². The lowest BCUT2D eigenvalue weighted by atomic mass is 10.1. The second-order valence-electron chi connectivity index (χ2n) is 5.14. The zero-order valence-electron chi connectivity index (χ0n) is 12.0. The van der Waals surface area contributed by atoms with Gasteiger partial charge < -0.3 is 10.1 Å². The highest BCUT2D eigenvalue weighted by molar-refractivity contribution is 5.25. The van der Waals surface area contributed by atoms with E-state index in [1.54, 1.807) is 12.1 Å². The smallest absolute Gasteiger partial charge is 0.233 e. The molecule has 2 N–H and O–H groups in total. The van der Waals surface area contributed by atoms with Crippen LogP contribution in [0.5, 0.6) is 5.88 Å². The van der Waals surface area contributed by atoms with E-state index in [4.69, 9.17) is 4.74 Å². The molecular weight excluding hydrogens is 257 g/mol. The van der Waals surface area contributed by atoms with Crippen LogP contribution in [0.25, 0.3) is 0 Å². The summed E-state index contributed by atoms with van der Waals surface area (Å²) in [4.78, 5) is 0. The van der Waals surface area contributed by atoms with Crippen molar-refractivity contribution in [2.24, 2.45) is 0 Å². The lowest BCUT2D eigenvalue weighted by Crippen LogP contribution is -2.21. The Morgan fingerprint density at radius 1 is 1.35 bits per heavy atom. The number of aromatic amines is 1. The van der Waals surface area contributed by atoms with Crippen LogP contribution in [0, 0.1) is 12.7 Å². The average Bonchev–Trinajstić information content (AvgIpc) is 2.82. The van der Waals surface area contributed by atoms with Crippen LogP contribution in [0.1, 0.15) is 30.7 Å². The highest BCUT2D eigenvalue weighted by Crippen LogP contribution is 2.15. The maximum Gasteiger partial charge on any atom is 0.233 e. The van der Waals surface area contributed by atoms with Gasteiger partial charge in [-0.05, 0) is 24.6 Å². The van der Waals surface area contributed by atoms with Crippen LogP contribution in [0.2, 0.25) is 0 Å². The van der Waals surface area contributed by atoms with Crippen LogP contribution in [-0.4, -0.2) is 16.2 Å². The van der Waals surface area contributed by atoms with Gasteiger partial charge in [-0.3, -0.25) is 5.10 Å². The van der Waals surface area contributed by atoms with E-state index >= 15 is 0 Å². The van der Waals surface area contributed by atoms with E-state index in [0.29, 0.717) is 24.0 Å². The Labute approximate surface area is 118 Å². The number of nitrogens with one attached hydrogen (secondary N) is 2. The molecule has 0 aliphatic rings. The lowest BCUT2D eigenvalue weighted by molar-refractivity contribution is 0.287. The zero-order valence-corrected chi connectivity index (χ0v) is 12.0. The summed E-state index contributed by atoms with van der Waals surface area (Å²) >= 11 is 0. The molecule has 0 aliphatic carbocycles. The number of hydrogen-bond donors (Lipinski definition) is 2. The van der Waals surface area contributed by atoms with E-state index in [-0.39, 0.29) is 12.4 Å². The molecule has 0 aliphatic heterocycles. The third-order valence-electron chi connectivity index (χ3n) is 2.88. The fourth-order valence-electron chi connectivity index (χ4n) is 1.79. The van der Waals surface area contributed by atoms with Crippen molar-refractivity contribution in [3.8, 4) is 5.88 Å². The van der Waals surface area contributed by atoms with E-state index in [9.17, 15) is 4.39 Å². The van der Waals surface area contributed by atoms with Gasteiger partial charge in [0.15, 0.2) is 0 Å². The monoisotopic (exact) mass is 277 g/mol. The van der Waals surface area contributed by atoms with Gasteiger partial charge >= 0.3 is 0 Å². The minimum atomic E-state index is -0.259. The Morgan fingerprint density at radius 3 is 2.80 bits per heavy atom. The van der Waals surface area contributed by atoms with Crippen LogP contribution in [0.15, 0.2) is 24.3 Å². The normalized spacial score (nSPS) is 11.1. The van der Waals surface area contributed by atoms with Crippen molar-refractivity contribution in [1.29, 1.82) is 0 Å². The Hall–Kier alpha value is -1.88. The molecular formula is C15H20FN3O. The van der Waals surface area contributed by atoms with Crippen LogP contribution >= 0.6 is 0 Å². The molecule has 0 saturated heterocycles. The molecule has 108 valence electrons. The second kappa shape index (κ2) is 6.52. The molecule has 0 saturated carbocycles. The van der Waals surface area contributed by atoms with Crippen LogP contribution in [-0.2, 0) is 13.2 Å². The Kier molecular flexibility index (Phi) is 4.74. The van der Waals surface area contributed by atoms with Crippen molar-refractivity contribution >= 4 is 0 Å². The summed E-state index contributed by atoms with van der Waals surface area (Å²) in [6.07, 6.45) is 0. The molecule has 1 heterocycles. The van der Waals surface area contributed by atoms with Gasteiger partial charge in [0.1, 0.15) is 12.4 Å². The molecule has 0 atom stereocenters. The number of halogens is 1. The van der Waals surface area contributed by atoms with Crippen molar-refractivity contribution in [3.63, 3.8) is 0 Å². The molecule has 1 aromatic heterocycles. The van der Waals surface area contributed by atoms with Gasteiger partial charge in [-0.15, -0.1) is 5.10 Å². The van der Waals surface area contributed by atoms with Gasteiger partial charge in [-0.2, -0.15) is 0 Å². The summed E-state index contributed by atoms with van der Waals surface area (Å²) < 4.78 is 19.2. The summed E-state index contributed by atoms with van der Waals surface area (Å²) in [5, 5.41) is 10.1.